The fourth-order valence-electron chi connectivity index (χ4n) is 1.90. The number of aryl methyl sites for hydroxylation is 2. The van der Waals surface area contributed by atoms with Crippen molar-refractivity contribution >= 4 is 6.21 Å². The van der Waals surface area contributed by atoms with E-state index in [4.69, 9.17) is 5.21 Å². The summed E-state index contributed by atoms with van der Waals surface area (Å²) in [6.07, 6.45) is 6.44. The van der Waals surface area contributed by atoms with E-state index in [9.17, 15) is 0 Å². The van der Waals surface area contributed by atoms with Gasteiger partial charge in [0.05, 0.1) is 6.21 Å². The minimum absolute atomic E-state index is 0.989. The van der Waals surface area contributed by atoms with Gasteiger partial charge in [-0.15, -0.1) is 0 Å². The predicted molar refractivity (Wildman–Crippen MR) is 52.5 cm³/mol. The van der Waals surface area contributed by atoms with Crippen LogP contribution in [-0.2, 0) is 12.8 Å². The van der Waals surface area contributed by atoms with Gasteiger partial charge in [0.25, 0.3) is 0 Å². The highest BCUT2D eigenvalue weighted by molar-refractivity contribution is 5.79. The summed E-state index contributed by atoms with van der Waals surface area (Å²) < 4.78 is 0. The highest BCUT2D eigenvalue weighted by atomic mass is 16.4. The van der Waals surface area contributed by atoms with Crippen LogP contribution < -0.4 is 0 Å². The Kier molecular flexibility index (Phi) is 2.30. The zero-order chi connectivity index (χ0) is 9.10. The Morgan fingerprint density at radius 1 is 1.15 bits per heavy atom. The molecule has 68 valence electrons. The first kappa shape index (κ1) is 8.30. The fraction of sp³-hybridized carbons (Fsp3) is 0.364. The number of fused-ring (bicyclic) bond motifs is 1. The molecular weight excluding hydrogens is 162 g/mol. The van der Waals surface area contributed by atoms with Crippen molar-refractivity contribution in [3.8, 4) is 0 Å². The Hall–Kier alpha value is -1.31. The van der Waals surface area contributed by atoms with Crippen LogP contribution in [0, 0.1) is 0 Å². The Bertz CT molecular complexity index is 331. The number of benzene rings is 1. The summed E-state index contributed by atoms with van der Waals surface area (Å²) in [5.41, 5.74) is 3.87. The Morgan fingerprint density at radius 3 is 2.69 bits per heavy atom. The maximum absolute atomic E-state index is 8.39. The molecule has 13 heavy (non-hydrogen) atoms. The smallest absolute Gasteiger partial charge is 0.0733 e. The molecule has 0 spiro atoms. The summed E-state index contributed by atoms with van der Waals surface area (Å²) >= 11 is 0. The lowest BCUT2D eigenvalue weighted by Gasteiger charge is -2.15. The molecule has 2 rings (SSSR count). The number of rotatable bonds is 1. The van der Waals surface area contributed by atoms with E-state index in [1.54, 1.807) is 0 Å². The number of oxime groups is 1. The third-order valence-corrected chi connectivity index (χ3v) is 2.58. The summed E-state index contributed by atoms with van der Waals surface area (Å²) in [5, 5.41) is 11.4. The van der Waals surface area contributed by atoms with Crippen LogP contribution in [0.5, 0.6) is 0 Å². The van der Waals surface area contributed by atoms with Gasteiger partial charge in [-0.1, -0.05) is 17.3 Å². The maximum atomic E-state index is 8.39. The molecule has 0 aromatic heterocycles. The SMILES string of the molecule is O/N=C/c1ccc2c(c1)CCCC2. The standard InChI is InChI=1S/C11H13NO/c13-12-8-9-5-6-10-3-1-2-4-11(10)7-9/h5-8,13H,1-4H2/b12-8+. The molecule has 1 aliphatic carbocycles. The topological polar surface area (TPSA) is 32.6 Å². The molecule has 2 nitrogen and oxygen atoms in total. The van der Waals surface area contributed by atoms with Crippen molar-refractivity contribution in [2.24, 2.45) is 5.16 Å². The Labute approximate surface area is 77.9 Å². The molecule has 0 radical (unpaired) electrons. The first-order valence-corrected chi connectivity index (χ1v) is 4.69. The van der Waals surface area contributed by atoms with Crippen molar-refractivity contribution in [3.63, 3.8) is 0 Å². The molecule has 0 fully saturated rings. The van der Waals surface area contributed by atoms with Crippen molar-refractivity contribution in [1.29, 1.82) is 0 Å². The second-order valence-electron chi connectivity index (χ2n) is 3.48. The van der Waals surface area contributed by atoms with Gasteiger partial charge in [-0.3, -0.25) is 0 Å². The minimum Gasteiger partial charge on any atom is -0.411 e. The molecule has 1 aromatic carbocycles. The second kappa shape index (κ2) is 3.60. The molecule has 0 bridgehead atoms. The molecule has 0 unspecified atom stereocenters. The lowest BCUT2D eigenvalue weighted by atomic mass is 9.90. The van der Waals surface area contributed by atoms with Gasteiger partial charge >= 0.3 is 0 Å². The molecule has 1 aliphatic rings. The molecule has 0 atom stereocenters. The van der Waals surface area contributed by atoms with E-state index >= 15 is 0 Å². The van der Waals surface area contributed by atoms with E-state index < -0.39 is 0 Å². The summed E-state index contributed by atoms with van der Waals surface area (Å²) in [4.78, 5) is 0. The van der Waals surface area contributed by atoms with Gasteiger partial charge in [0.1, 0.15) is 0 Å². The summed E-state index contributed by atoms with van der Waals surface area (Å²) in [7, 11) is 0. The predicted octanol–water partition coefficient (Wildman–Crippen LogP) is 2.37. The summed E-state index contributed by atoms with van der Waals surface area (Å²) in [6.45, 7) is 0. The molecular formula is C11H13NO. The Balaban J connectivity index is 2.35. The van der Waals surface area contributed by atoms with E-state index in [1.165, 1.54) is 43.0 Å². The highest BCUT2D eigenvalue weighted by Gasteiger charge is 2.08. The quantitative estimate of drug-likeness (QED) is 0.396. The monoisotopic (exact) mass is 175 g/mol. The molecule has 0 saturated heterocycles. The van der Waals surface area contributed by atoms with E-state index in [2.05, 4.69) is 17.3 Å². The normalized spacial score (nSPS) is 16.0. The van der Waals surface area contributed by atoms with Crippen LogP contribution in [0.4, 0.5) is 0 Å². The van der Waals surface area contributed by atoms with Crippen molar-refractivity contribution < 1.29 is 5.21 Å². The van der Waals surface area contributed by atoms with Crippen LogP contribution in [-0.4, -0.2) is 11.4 Å². The van der Waals surface area contributed by atoms with Crippen LogP contribution in [0.1, 0.15) is 29.5 Å². The minimum atomic E-state index is 0.989. The van der Waals surface area contributed by atoms with Crippen molar-refractivity contribution in [3.05, 3.63) is 34.9 Å². The summed E-state index contributed by atoms with van der Waals surface area (Å²) in [5.74, 6) is 0. The third-order valence-electron chi connectivity index (χ3n) is 2.58. The zero-order valence-corrected chi connectivity index (χ0v) is 7.53. The van der Waals surface area contributed by atoms with Gasteiger partial charge in [0.15, 0.2) is 0 Å². The third kappa shape index (κ3) is 1.72. The first-order valence-electron chi connectivity index (χ1n) is 4.69. The Morgan fingerprint density at radius 2 is 1.92 bits per heavy atom. The van der Waals surface area contributed by atoms with E-state index in [1.807, 2.05) is 6.07 Å². The van der Waals surface area contributed by atoms with Gasteiger partial charge in [0, 0.05) is 0 Å². The molecule has 0 heterocycles. The van der Waals surface area contributed by atoms with Gasteiger partial charge in [0.2, 0.25) is 0 Å². The van der Waals surface area contributed by atoms with Crippen molar-refractivity contribution in [1.82, 2.24) is 0 Å². The molecule has 0 aliphatic heterocycles. The molecule has 0 amide bonds. The summed E-state index contributed by atoms with van der Waals surface area (Å²) in [6, 6.07) is 6.27. The van der Waals surface area contributed by atoms with E-state index in [-0.39, 0.29) is 0 Å². The average molecular weight is 175 g/mol. The van der Waals surface area contributed by atoms with Crippen LogP contribution in [0.2, 0.25) is 0 Å². The van der Waals surface area contributed by atoms with Crippen molar-refractivity contribution in [2.45, 2.75) is 25.7 Å². The van der Waals surface area contributed by atoms with Gasteiger partial charge in [-0.25, -0.2) is 0 Å². The van der Waals surface area contributed by atoms with Gasteiger partial charge in [-0.2, -0.15) is 0 Å². The average Bonchev–Trinajstić information content (AvgIpc) is 2.18. The highest BCUT2D eigenvalue weighted by Crippen LogP contribution is 2.21. The number of nitrogens with zero attached hydrogens (tertiary/aromatic N) is 1. The van der Waals surface area contributed by atoms with Crippen molar-refractivity contribution in [2.75, 3.05) is 0 Å². The first-order chi connectivity index (χ1) is 6.40. The molecule has 1 N–H and O–H groups in total. The van der Waals surface area contributed by atoms with Crippen LogP contribution in [0.3, 0.4) is 0 Å². The fourth-order valence-corrected chi connectivity index (χ4v) is 1.90. The van der Waals surface area contributed by atoms with Crippen LogP contribution >= 0.6 is 0 Å². The van der Waals surface area contributed by atoms with Crippen LogP contribution in [0.15, 0.2) is 23.4 Å². The van der Waals surface area contributed by atoms with Gasteiger partial charge < -0.3 is 5.21 Å². The largest absolute Gasteiger partial charge is 0.411 e. The van der Waals surface area contributed by atoms with Gasteiger partial charge in [-0.05, 0) is 48.4 Å². The molecule has 2 heteroatoms. The lowest BCUT2D eigenvalue weighted by Crippen LogP contribution is -2.02. The lowest BCUT2D eigenvalue weighted by molar-refractivity contribution is 0.322. The van der Waals surface area contributed by atoms with Crippen LogP contribution in [0.25, 0.3) is 0 Å². The van der Waals surface area contributed by atoms with E-state index in [0.717, 1.165) is 5.56 Å². The number of hydrogen-bond acceptors (Lipinski definition) is 2. The van der Waals surface area contributed by atoms with E-state index in [0.29, 0.717) is 0 Å². The zero-order valence-electron chi connectivity index (χ0n) is 7.53. The second-order valence-corrected chi connectivity index (χ2v) is 3.48. The molecule has 1 aromatic rings. The number of hydrogen-bond donors (Lipinski definition) is 1. The molecule has 0 saturated carbocycles. The maximum Gasteiger partial charge on any atom is 0.0733 e.